The number of fused-ring (bicyclic) bond motifs is 1. The first kappa shape index (κ1) is 12.8. The normalized spacial score (nSPS) is 11.0. The molecule has 0 aliphatic heterocycles. The summed E-state index contributed by atoms with van der Waals surface area (Å²) in [6.07, 6.45) is 0. The molecule has 0 saturated heterocycles. The van der Waals surface area contributed by atoms with Crippen molar-refractivity contribution in [3.8, 4) is 22.3 Å². The monoisotopic (exact) mass is 284 g/mol. The molecule has 0 atom stereocenters. The maximum absolute atomic E-state index is 4.45. The molecule has 4 rings (SSSR count). The zero-order chi connectivity index (χ0) is 14.9. The van der Waals surface area contributed by atoms with E-state index in [0.29, 0.717) is 0 Å². The quantitative estimate of drug-likeness (QED) is 0.538. The highest BCUT2D eigenvalue weighted by molar-refractivity contribution is 5.82. The van der Waals surface area contributed by atoms with Crippen LogP contribution in [0.2, 0.25) is 0 Å². The summed E-state index contributed by atoms with van der Waals surface area (Å²) in [5, 5.41) is 0. The number of rotatable bonds is 2. The third kappa shape index (κ3) is 2.29. The minimum absolute atomic E-state index is 0.951. The first-order valence-electron chi connectivity index (χ1n) is 7.42. The van der Waals surface area contributed by atoms with Crippen molar-refractivity contribution in [2.45, 2.75) is 6.92 Å². The summed E-state index contributed by atoms with van der Waals surface area (Å²) < 4.78 is 0. The molecule has 0 aliphatic carbocycles. The van der Waals surface area contributed by atoms with Crippen molar-refractivity contribution in [2.24, 2.45) is 0 Å². The van der Waals surface area contributed by atoms with Crippen LogP contribution in [-0.2, 0) is 0 Å². The Morgan fingerprint density at radius 1 is 0.682 bits per heavy atom. The van der Waals surface area contributed by atoms with Gasteiger partial charge in [-0.25, -0.2) is 4.98 Å². The van der Waals surface area contributed by atoms with Crippen LogP contribution in [0.25, 0.3) is 33.3 Å². The lowest BCUT2D eigenvalue weighted by molar-refractivity contribution is 1.17. The molecule has 1 heterocycles. The number of hydrogen-bond donors (Lipinski definition) is 1. The second-order valence-electron chi connectivity index (χ2n) is 5.50. The van der Waals surface area contributed by atoms with E-state index >= 15 is 0 Å². The van der Waals surface area contributed by atoms with E-state index in [1.807, 2.05) is 13.0 Å². The Balaban J connectivity index is 1.72. The van der Waals surface area contributed by atoms with Crippen LogP contribution in [0.4, 0.5) is 0 Å². The van der Waals surface area contributed by atoms with Gasteiger partial charge in [0.1, 0.15) is 5.82 Å². The Hall–Kier alpha value is -2.87. The Morgan fingerprint density at radius 3 is 2.00 bits per heavy atom. The Bertz CT molecular complexity index is 919. The molecule has 2 nitrogen and oxygen atoms in total. The van der Waals surface area contributed by atoms with Crippen LogP contribution in [-0.4, -0.2) is 9.97 Å². The van der Waals surface area contributed by atoms with Crippen molar-refractivity contribution in [2.75, 3.05) is 0 Å². The van der Waals surface area contributed by atoms with E-state index in [1.165, 1.54) is 22.3 Å². The summed E-state index contributed by atoms with van der Waals surface area (Å²) in [4.78, 5) is 7.74. The summed E-state index contributed by atoms with van der Waals surface area (Å²) in [6.45, 7) is 1.98. The highest BCUT2D eigenvalue weighted by Gasteiger charge is 2.03. The summed E-state index contributed by atoms with van der Waals surface area (Å²) >= 11 is 0. The molecule has 1 N–H and O–H groups in total. The number of aryl methyl sites for hydroxylation is 1. The van der Waals surface area contributed by atoms with E-state index in [9.17, 15) is 0 Å². The van der Waals surface area contributed by atoms with E-state index in [-0.39, 0.29) is 0 Å². The van der Waals surface area contributed by atoms with E-state index in [1.54, 1.807) is 0 Å². The van der Waals surface area contributed by atoms with Gasteiger partial charge in [0.15, 0.2) is 0 Å². The topological polar surface area (TPSA) is 28.7 Å². The number of hydrogen-bond acceptors (Lipinski definition) is 1. The zero-order valence-corrected chi connectivity index (χ0v) is 12.4. The molecular formula is C20H16N2. The molecule has 0 radical (unpaired) electrons. The second-order valence-corrected chi connectivity index (χ2v) is 5.50. The van der Waals surface area contributed by atoms with E-state index < -0.39 is 0 Å². The smallest absolute Gasteiger partial charge is 0.104 e. The molecule has 106 valence electrons. The van der Waals surface area contributed by atoms with Gasteiger partial charge in [-0.3, -0.25) is 0 Å². The van der Waals surface area contributed by atoms with Gasteiger partial charge in [-0.05, 0) is 41.3 Å². The SMILES string of the molecule is Cc1nc2ccc(-c3ccc(-c4ccccc4)cc3)cc2[nH]1. The lowest BCUT2D eigenvalue weighted by Gasteiger charge is -2.05. The minimum Gasteiger partial charge on any atom is -0.342 e. The standard InChI is InChI=1S/C20H16N2/c1-14-21-19-12-11-18(13-20(19)22-14)17-9-7-16(8-10-17)15-5-3-2-4-6-15/h2-13H,1H3,(H,21,22). The van der Waals surface area contributed by atoms with Gasteiger partial charge in [0.25, 0.3) is 0 Å². The molecule has 0 bridgehead atoms. The first-order valence-corrected chi connectivity index (χ1v) is 7.42. The highest BCUT2D eigenvalue weighted by Crippen LogP contribution is 2.26. The molecule has 4 aromatic rings. The van der Waals surface area contributed by atoms with E-state index in [4.69, 9.17) is 0 Å². The van der Waals surface area contributed by atoms with Gasteiger partial charge in [0, 0.05) is 0 Å². The maximum Gasteiger partial charge on any atom is 0.104 e. The third-order valence-electron chi connectivity index (χ3n) is 3.93. The zero-order valence-electron chi connectivity index (χ0n) is 12.4. The number of aromatic amines is 1. The third-order valence-corrected chi connectivity index (χ3v) is 3.93. The van der Waals surface area contributed by atoms with Gasteiger partial charge in [-0.15, -0.1) is 0 Å². The predicted octanol–water partition coefficient (Wildman–Crippen LogP) is 5.21. The van der Waals surface area contributed by atoms with Gasteiger partial charge >= 0.3 is 0 Å². The summed E-state index contributed by atoms with van der Waals surface area (Å²) in [7, 11) is 0. The van der Waals surface area contributed by atoms with Gasteiger partial charge in [0.2, 0.25) is 0 Å². The Kier molecular flexibility index (Phi) is 3.01. The molecule has 0 unspecified atom stereocenters. The van der Waals surface area contributed by atoms with Crippen LogP contribution in [0.15, 0.2) is 72.8 Å². The fraction of sp³-hybridized carbons (Fsp3) is 0.0500. The van der Waals surface area contributed by atoms with Crippen molar-refractivity contribution < 1.29 is 0 Å². The number of nitrogens with zero attached hydrogens (tertiary/aromatic N) is 1. The van der Waals surface area contributed by atoms with Crippen molar-refractivity contribution in [1.29, 1.82) is 0 Å². The van der Waals surface area contributed by atoms with Crippen LogP contribution < -0.4 is 0 Å². The average molecular weight is 284 g/mol. The van der Waals surface area contributed by atoms with Gasteiger partial charge in [-0.1, -0.05) is 60.7 Å². The molecule has 1 aromatic heterocycles. The van der Waals surface area contributed by atoms with E-state index in [2.05, 4.69) is 76.7 Å². The van der Waals surface area contributed by atoms with E-state index in [0.717, 1.165) is 16.9 Å². The second kappa shape index (κ2) is 5.15. The van der Waals surface area contributed by atoms with Gasteiger partial charge in [-0.2, -0.15) is 0 Å². The van der Waals surface area contributed by atoms with Crippen molar-refractivity contribution in [3.63, 3.8) is 0 Å². The molecule has 3 aromatic carbocycles. The highest BCUT2D eigenvalue weighted by atomic mass is 14.9. The van der Waals surface area contributed by atoms with Crippen LogP contribution in [0, 0.1) is 6.92 Å². The summed E-state index contributed by atoms with van der Waals surface area (Å²) in [5.74, 6) is 0.951. The van der Waals surface area contributed by atoms with Gasteiger partial charge in [0.05, 0.1) is 11.0 Å². The fourth-order valence-electron chi connectivity index (χ4n) is 2.80. The number of benzene rings is 3. The number of nitrogens with one attached hydrogen (secondary N) is 1. The largest absolute Gasteiger partial charge is 0.342 e. The number of H-pyrrole nitrogens is 1. The van der Waals surface area contributed by atoms with Crippen molar-refractivity contribution in [3.05, 3.63) is 78.6 Å². The minimum atomic E-state index is 0.951. The first-order chi connectivity index (χ1) is 10.8. The van der Waals surface area contributed by atoms with Crippen molar-refractivity contribution in [1.82, 2.24) is 9.97 Å². The van der Waals surface area contributed by atoms with Crippen LogP contribution in [0.1, 0.15) is 5.82 Å². The molecule has 0 saturated carbocycles. The molecule has 0 fully saturated rings. The Morgan fingerprint density at radius 2 is 1.27 bits per heavy atom. The molecule has 0 amide bonds. The van der Waals surface area contributed by atoms with Crippen molar-refractivity contribution >= 4 is 11.0 Å². The molecule has 0 aliphatic rings. The Labute approximate surface area is 129 Å². The molecular weight excluding hydrogens is 268 g/mol. The molecule has 2 heteroatoms. The number of aromatic nitrogens is 2. The average Bonchev–Trinajstić information content (AvgIpc) is 2.95. The summed E-state index contributed by atoms with van der Waals surface area (Å²) in [6, 6.07) is 25.5. The van der Waals surface area contributed by atoms with Crippen LogP contribution in [0.3, 0.4) is 0 Å². The van der Waals surface area contributed by atoms with Gasteiger partial charge < -0.3 is 4.98 Å². The lowest BCUT2D eigenvalue weighted by atomic mass is 10.0. The molecule has 0 spiro atoms. The predicted molar refractivity (Wildman–Crippen MR) is 91.7 cm³/mol. The van der Waals surface area contributed by atoms with Crippen LogP contribution in [0.5, 0.6) is 0 Å². The fourth-order valence-corrected chi connectivity index (χ4v) is 2.80. The maximum atomic E-state index is 4.45. The lowest BCUT2D eigenvalue weighted by Crippen LogP contribution is -1.81. The van der Waals surface area contributed by atoms with Crippen LogP contribution >= 0.6 is 0 Å². The summed E-state index contributed by atoms with van der Waals surface area (Å²) in [5.41, 5.74) is 7.00. The molecule has 22 heavy (non-hydrogen) atoms. The number of imidazole rings is 1.